The van der Waals surface area contributed by atoms with Gasteiger partial charge in [-0.2, -0.15) is 0 Å². The zero-order valence-electron chi connectivity index (χ0n) is 11.7. The molecule has 1 heterocycles. The van der Waals surface area contributed by atoms with Crippen LogP contribution in [0.2, 0.25) is 0 Å². The second kappa shape index (κ2) is 7.14. The minimum absolute atomic E-state index is 0.139. The summed E-state index contributed by atoms with van der Waals surface area (Å²) in [7, 11) is 0. The van der Waals surface area contributed by atoms with E-state index < -0.39 is 0 Å². The SMILES string of the molecule is CC(=O)Nc1ccc(NC(=O)C(=S)N2CCOCC2)cc1. The Kier molecular flexibility index (Phi) is 5.24. The summed E-state index contributed by atoms with van der Waals surface area (Å²) >= 11 is 5.18. The van der Waals surface area contributed by atoms with Crippen molar-refractivity contribution in [3.05, 3.63) is 24.3 Å². The molecular formula is C14H17N3O3S. The standard InChI is InChI=1S/C14H17N3O3S/c1-10(18)15-11-2-4-12(5-3-11)16-13(19)14(21)17-6-8-20-9-7-17/h2-5H,6-9H2,1H3,(H,15,18)(H,16,19). The number of carbonyl (C=O) groups excluding carboxylic acids is 2. The Hall–Kier alpha value is -1.99. The van der Waals surface area contributed by atoms with Crippen molar-refractivity contribution in [3.63, 3.8) is 0 Å². The summed E-state index contributed by atoms with van der Waals surface area (Å²) in [6.45, 7) is 3.87. The lowest BCUT2D eigenvalue weighted by molar-refractivity contribution is -0.114. The molecule has 0 spiro atoms. The van der Waals surface area contributed by atoms with Crippen molar-refractivity contribution in [1.29, 1.82) is 0 Å². The third-order valence-corrected chi connectivity index (χ3v) is 3.40. The molecule has 6 nitrogen and oxygen atoms in total. The van der Waals surface area contributed by atoms with Crippen LogP contribution in [0.4, 0.5) is 11.4 Å². The lowest BCUT2D eigenvalue weighted by Crippen LogP contribution is -2.44. The van der Waals surface area contributed by atoms with Gasteiger partial charge in [-0.1, -0.05) is 12.2 Å². The zero-order chi connectivity index (χ0) is 15.2. The Labute approximate surface area is 128 Å². The molecule has 7 heteroatoms. The van der Waals surface area contributed by atoms with Crippen molar-refractivity contribution in [2.24, 2.45) is 0 Å². The van der Waals surface area contributed by atoms with Crippen molar-refractivity contribution in [2.75, 3.05) is 36.9 Å². The average Bonchev–Trinajstić information content (AvgIpc) is 2.49. The number of amides is 2. The maximum Gasteiger partial charge on any atom is 0.283 e. The summed E-state index contributed by atoms with van der Waals surface area (Å²) in [5, 5.41) is 5.40. The van der Waals surface area contributed by atoms with E-state index in [1.165, 1.54) is 6.92 Å². The first kappa shape index (κ1) is 15.4. The van der Waals surface area contributed by atoms with Gasteiger partial charge in [0.15, 0.2) is 4.99 Å². The number of hydrogen-bond acceptors (Lipinski definition) is 4. The Morgan fingerprint density at radius 2 is 1.62 bits per heavy atom. The normalized spacial score (nSPS) is 14.4. The average molecular weight is 307 g/mol. The van der Waals surface area contributed by atoms with Gasteiger partial charge in [0.25, 0.3) is 5.91 Å². The molecule has 112 valence electrons. The van der Waals surface area contributed by atoms with E-state index in [9.17, 15) is 9.59 Å². The molecule has 1 fully saturated rings. The number of ether oxygens (including phenoxy) is 1. The van der Waals surface area contributed by atoms with E-state index in [1.54, 1.807) is 24.3 Å². The van der Waals surface area contributed by atoms with E-state index in [0.29, 0.717) is 37.7 Å². The Morgan fingerprint density at radius 1 is 1.10 bits per heavy atom. The predicted molar refractivity (Wildman–Crippen MR) is 84.4 cm³/mol. The highest BCUT2D eigenvalue weighted by Gasteiger charge is 2.19. The molecule has 1 saturated heterocycles. The maximum atomic E-state index is 12.1. The number of morpholine rings is 1. The Morgan fingerprint density at radius 3 is 2.14 bits per heavy atom. The molecule has 2 rings (SSSR count). The first-order valence-corrected chi connectivity index (χ1v) is 7.03. The van der Waals surface area contributed by atoms with Crippen LogP contribution in [0.1, 0.15) is 6.92 Å². The monoisotopic (exact) mass is 307 g/mol. The molecule has 0 radical (unpaired) electrons. The summed E-state index contributed by atoms with van der Waals surface area (Å²) in [5.74, 6) is -0.445. The summed E-state index contributed by atoms with van der Waals surface area (Å²) < 4.78 is 5.23. The Balaban J connectivity index is 1.92. The van der Waals surface area contributed by atoms with Crippen molar-refractivity contribution < 1.29 is 14.3 Å². The lowest BCUT2D eigenvalue weighted by Gasteiger charge is -2.28. The molecule has 1 aromatic carbocycles. The van der Waals surface area contributed by atoms with Gasteiger partial charge >= 0.3 is 0 Å². The van der Waals surface area contributed by atoms with Crippen LogP contribution < -0.4 is 10.6 Å². The summed E-state index contributed by atoms with van der Waals surface area (Å²) in [6.07, 6.45) is 0. The van der Waals surface area contributed by atoms with E-state index in [4.69, 9.17) is 17.0 Å². The number of nitrogens with one attached hydrogen (secondary N) is 2. The molecule has 0 aliphatic carbocycles. The number of nitrogens with zero attached hydrogens (tertiary/aromatic N) is 1. The van der Waals surface area contributed by atoms with Gasteiger partial charge in [-0.05, 0) is 24.3 Å². The van der Waals surface area contributed by atoms with Gasteiger partial charge in [0.2, 0.25) is 5.91 Å². The molecule has 2 N–H and O–H groups in total. The fourth-order valence-electron chi connectivity index (χ4n) is 1.93. The maximum absolute atomic E-state index is 12.1. The van der Waals surface area contributed by atoms with Crippen LogP contribution in [-0.2, 0) is 14.3 Å². The van der Waals surface area contributed by atoms with E-state index >= 15 is 0 Å². The second-order valence-corrected chi connectivity index (χ2v) is 5.00. The van der Waals surface area contributed by atoms with Gasteiger partial charge in [0.05, 0.1) is 13.2 Å². The first-order valence-electron chi connectivity index (χ1n) is 6.62. The van der Waals surface area contributed by atoms with Crippen LogP contribution >= 0.6 is 12.2 Å². The minimum atomic E-state index is -0.306. The zero-order valence-corrected chi connectivity index (χ0v) is 12.5. The Bertz CT molecular complexity index is 539. The highest BCUT2D eigenvalue weighted by atomic mass is 32.1. The minimum Gasteiger partial charge on any atom is -0.378 e. The van der Waals surface area contributed by atoms with E-state index in [-0.39, 0.29) is 16.8 Å². The van der Waals surface area contributed by atoms with E-state index in [2.05, 4.69) is 10.6 Å². The molecule has 1 aliphatic heterocycles. The number of anilines is 2. The largest absolute Gasteiger partial charge is 0.378 e. The molecule has 21 heavy (non-hydrogen) atoms. The van der Waals surface area contributed by atoms with Crippen molar-refractivity contribution >= 4 is 40.4 Å². The van der Waals surface area contributed by atoms with Crippen LogP contribution in [0.25, 0.3) is 0 Å². The van der Waals surface area contributed by atoms with Crippen LogP contribution in [0, 0.1) is 0 Å². The molecule has 0 saturated carbocycles. The van der Waals surface area contributed by atoms with Gasteiger partial charge < -0.3 is 20.3 Å². The highest BCUT2D eigenvalue weighted by Crippen LogP contribution is 2.14. The van der Waals surface area contributed by atoms with Crippen molar-refractivity contribution in [2.45, 2.75) is 6.92 Å². The van der Waals surface area contributed by atoms with Gasteiger partial charge in [-0.3, -0.25) is 9.59 Å². The van der Waals surface area contributed by atoms with Crippen LogP contribution in [0.15, 0.2) is 24.3 Å². The molecule has 0 unspecified atom stereocenters. The number of rotatable bonds is 2. The molecule has 1 aliphatic rings. The summed E-state index contributed by atoms with van der Waals surface area (Å²) in [4.78, 5) is 25.1. The molecule has 0 bridgehead atoms. The van der Waals surface area contributed by atoms with Crippen LogP contribution in [0.3, 0.4) is 0 Å². The first-order chi connectivity index (χ1) is 10.1. The van der Waals surface area contributed by atoms with Crippen LogP contribution in [0.5, 0.6) is 0 Å². The van der Waals surface area contributed by atoms with Gasteiger partial charge in [-0.25, -0.2) is 0 Å². The quantitative estimate of drug-likeness (QED) is 0.805. The number of carbonyl (C=O) groups is 2. The topological polar surface area (TPSA) is 70.7 Å². The third kappa shape index (κ3) is 4.51. The number of thiocarbonyl (C=S) groups is 1. The summed E-state index contributed by atoms with van der Waals surface area (Å²) in [6, 6.07) is 6.86. The molecule has 0 aromatic heterocycles. The number of hydrogen-bond donors (Lipinski definition) is 2. The molecular weight excluding hydrogens is 290 g/mol. The highest BCUT2D eigenvalue weighted by molar-refractivity contribution is 7.82. The molecule has 1 aromatic rings. The van der Waals surface area contributed by atoms with Crippen molar-refractivity contribution in [3.8, 4) is 0 Å². The van der Waals surface area contributed by atoms with Gasteiger partial charge in [0, 0.05) is 31.4 Å². The number of benzene rings is 1. The third-order valence-electron chi connectivity index (χ3n) is 2.96. The molecule has 0 atom stereocenters. The molecule has 2 amide bonds. The van der Waals surface area contributed by atoms with Gasteiger partial charge in [-0.15, -0.1) is 0 Å². The summed E-state index contributed by atoms with van der Waals surface area (Å²) in [5.41, 5.74) is 1.31. The smallest absolute Gasteiger partial charge is 0.283 e. The second-order valence-electron chi connectivity index (χ2n) is 4.62. The van der Waals surface area contributed by atoms with Gasteiger partial charge in [0.1, 0.15) is 0 Å². The fraction of sp³-hybridized carbons (Fsp3) is 0.357. The van der Waals surface area contributed by atoms with Crippen molar-refractivity contribution in [1.82, 2.24) is 4.90 Å². The van der Waals surface area contributed by atoms with E-state index in [1.807, 2.05) is 4.90 Å². The van der Waals surface area contributed by atoms with E-state index in [0.717, 1.165) is 0 Å². The lowest BCUT2D eigenvalue weighted by atomic mass is 10.2. The van der Waals surface area contributed by atoms with Crippen LogP contribution in [-0.4, -0.2) is 48.0 Å². The fourth-order valence-corrected chi connectivity index (χ4v) is 2.17. The predicted octanol–water partition coefficient (Wildman–Crippen LogP) is 1.24.